The van der Waals surface area contributed by atoms with Crippen LogP contribution in [0.15, 0.2) is 12.1 Å². The first-order valence-electron chi connectivity index (χ1n) is 2.65. The van der Waals surface area contributed by atoms with Gasteiger partial charge in [0.2, 0.25) is 5.82 Å². The van der Waals surface area contributed by atoms with E-state index in [1.165, 1.54) is 13.2 Å². The number of hydrogen-bond acceptors (Lipinski definition) is 1. The molecule has 0 unspecified atom stereocenters. The summed E-state index contributed by atoms with van der Waals surface area (Å²) < 4.78 is 29.2. The predicted molar refractivity (Wildman–Crippen MR) is 31.7 cm³/mol. The number of ether oxygens (including phenoxy) is 1. The maximum Gasteiger partial charge on any atom is 0.200 e. The zero-order chi connectivity index (χ0) is 7.56. The van der Waals surface area contributed by atoms with Crippen LogP contribution in [0.4, 0.5) is 8.78 Å². The molecule has 0 atom stereocenters. The van der Waals surface area contributed by atoms with Gasteiger partial charge in [-0.25, -0.2) is 4.39 Å². The van der Waals surface area contributed by atoms with E-state index in [1.54, 1.807) is 0 Å². The summed E-state index contributed by atoms with van der Waals surface area (Å²) in [6.07, 6.45) is 0. The molecule has 0 aliphatic carbocycles. The lowest BCUT2D eigenvalue weighted by Gasteiger charge is -1.99. The summed E-state index contributed by atoms with van der Waals surface area (Å²) in [7, 11) is 1.27. The highest BCUT2D eigenvalue weighted by Gasteiger charge is 2.05. The van der Waals surface area contributed by atoms with Crippen molar-refractivity contribution >= 4 is 0 Å². The lowest BCUT2D eigenvalue weighted by Crippen LogP contribution is -1.90. The molecule has 3 heteroatoms. The average molecular weight is 143 g/mol. The van der Waals surface area contributed by atoms with E-state index in [1.807, 2.05) is 0 Å². The van der Waals surface area contributed by atoms with Gasteiger partial charge in [-0.15, -0.1) is 0 Å². The molecule has 0 aliphatic heterocycles. The van der Waals surface area contributed by atoms with Crippen molar-refractivity contribution in [1.82, 2.24) is 0 Å². The topological polar surface area (TPSA) is 9.23 Å². The number of halogens is 2. The van der Waals surface area contributed by atoms with E-state index in [2.05, 4.69) is 10.8 Å². The zero-order valence-corrected chi connectivity index (χ0v) is 5.32. The monoisotopic (exact) mass is 143 g/mol. The van der Waals surface area contributed by atoms with Gasteiger partial charge in [0.1, 0.15) is 0 Å². The van der Waals surface area contributed by atoms with Crippen molar-refractivity contribution in [1.29, 1.82) is 0 Å². The first kappa shape index (κ1) is 6.99. The number of benzene rings is 1. The Hall–Kier alpha value is -1.12. The minimum atomic E-state index is -0.971. The van der Waals surface area contributed by atoms with Gasteiger partial charge in [-0.3, -0.25) is 0 Å². The molecule has 1 aromatic carbocycles. The Labute approximate surface area is 57.2 Å². The van der Waals surface area contributed by atoms with E-state index in [0.717, 1.165) is 6.07 Å². The van der Waals surface area contributed by atoms with Crippen LogP contribution in [0.25, 0.3) is 0 Å². The van der Waals surface area contributed by atoms with E-state index in [-0.39, 0.29) is 5.75 Å². The number of methoxy groups -OCH3 is 1. The van der Waals surface area contributed by atoms with Crippen LogP contribution in [-0.2, 0) is 0 Å². The standard InChI is InChI=1S/C7H5F2O/c1-10-6-4-2-3-5(8)7(6)9/h3-4H,1H3. The van der Waals surface area contributed by atoms with Gasteiger partial charge in [0, 0.05) is 0 Å². The third-order valence-electron chi connectivity index (χ3n) is 1.07. The minimum Gasteiger partial charge on any atom is -0.494 e. The van der Waals surface area contributed by atoms with Crippen LogP contribution in [0, 0.1) is 17.7 Å². The van der Waals surface area contributed by atoms with Gasteiger partial charge in [-0.2, -0.15) is 4.39 Å². The summed E-state index contributed by atoms with van der Waals surface area (Å²) in [5, 5.41) is 0. The van der Waals surface area contributed by atoms with Crippen LogP contribution in [0.1, 0.15) is 0 Å². The lowest BCUT2D eigenvalue weighted by atomic mass is 10.3. The molecule has 0 heterocycles. The van der Waals surface area contributed by atoms with Crippen molar-refractivity contribution < 1.29 is 13.5 Å². The molecule has 1 aromatic rings. The van der Waals surface area contributed by atoms with Gasteiger partial charge in [0.05, 0.1) is 7.11 Å². The molecular formula is C7H5F2O. The SMILES string of the molecule is COc1c[c]cc(F)c1F. The zero-order valence-electron chi connectivity index (χ0n) is 5.32. The average Bonchev–Trinajstić information content (AvgIpc) is 1.95. The fourth-order valence-electron chi connectivity index (χ4n) is 0.583. The lowest BCUT2D eigenvalue weighted by molar-refractivity contribution is 0.371. The molecule has 10 heavy (non-hydrogen) atoms. The van der Waals surface area contributed by atoms with E-state index < -0.39 is 11.6 Å². The Bertz CT molecular complexity index is 235. The van der Waals surface area contributed by atoms with Gasteiger partial charge in [0.15, 0.2) is 11.6 Å². The predicted octanol–water partition coefficient (Wildman–Crippen LogP) is 1.77. The Balaban J connectivity index is 3.14. The molecule has 0 spiro atoms. The van der Waals surface area contributed by atoms with Crippen molar-refractivity contribution in [2.75, 3.05) is 7.11 Å². The summed E-state index contributed by atoms with van der Waals surface area (Å²) in [5.74, 6) is -2.04. The molecule has 0 aromatic heterocycles. The normalized spacial score (nSPS) is 9.50. The maximum atomic E-state index is 12.5. The second-order valence-electron chi connectivity index (χ2n) is 1.69. The molecule has 1 radical (unpaired) electrons. The molecule has 0 saturated heterocycles. The van der Waals surface area contributed by atoms with Gasteiger partial charge >= 0.3 is 0 Å². The Morgan fingerprint density at radius 3 is 2.60 bits per heavy atom. The molecular weight excluding hydrogens is 138 g/mol. The quantitative estimate of drug-likeness (QED) is 0.582. The molecule has 0 N–H and O–H groups in total. The van der Waals surface area contributed by atoms with Crippen LogP contribution in [0.3, 0.4) is 0 Å². The van der Waals surface area contributed by atoms with Crippen molar-refractivity contribution in [3.05, 3.63) is 29.8 Å². The first-order valence-corrected chi connectivity index (χ1v) is 2.65. The second-order valence-corrected chi connectivity index (χ2v) is 1.69. The summed E-state index contributed by atoms with van der Waals surface area (Å²) in [4.78, 5) is 0. The van der Waals surface area contributed by atoms with Crippen molar-refractivity contribution in [2.24, 2.45) is 0 Å². The Morgan fingerprint density at radius 1 is 1.40 bits per heavy atom. The van der Waals surface area contributed by atoms with Crippen LogP contribution < -0.4 is 4.74 Å². The highest BCUT2D eigenvalue weighted by atomic mass is 19.2. The van der Waals surface area contributed by atoms with Gasteiger partial charge < -0.3 is 4.74 Å². The van der Waals surface area contributed by atoms with E-state index in [4.69, 9.17) is 0 Å². The molecule has 0 amide bonds. The third-order valence-corrected chi connectivity index (χ3v) is 1.07. The largest absolute Gasteiger partial charge is 0.494 e. The summed E-state index contributed by atoms with van der Waals surface area (Å²) in [5.41, 5.74) is 0. The molecule has 0 aliphatic rings. The molecule has 1 nitrogen and oxygen atoms in total. The Kier molecular flexibility index (Phi) is 1.85. The fourth-order valence-corrected chi connectivity index (χ4v) is 0.583. The van der Waals surface area contributed by atoms with Gasteiger partial charge in [0.25, 0.3) is 0 Å². The van der Waals surface area contributed by atoms with Crippen LogP contribution in [0.5, 0.6) is 5.75 Å². The fraction of sp³-hybridized carbons (Fsp3) is 0.143. The summed E-state index contributed by atoms with van der Waals surface area (Å²) >= 11 is 0. The van der Waals surface area contributed by atoms with Crippen molar-refractivity contribution in [3.8, 4) is 5.75 Å². The highest BCUT2D eigenvalue weighted by molar-refractivity contribution is 5.23. The van der Waals surface area contributed by atoms with Crippen LogP contribution in [-0.4, -0.2) is 7.11 Å². The van der Waals surface area contributed by atoms with E-state index >= 15 is 0 Å². The van der Waals surface area contributed by atoms with Crippen molar-refractivity contribution in [2.45, 2.75) is 0 Å². The summed E-state index contributed by atoms with van der Waals surface area (Å²) in [6.45, 7) is 0. The smallest absolute Gasteiger partial charge is 0.200 e. The van der Waals surface area contributed by atoms with Crippen molar-refractivity contribution in [3.63, 3.8) is 0 Å². The molecule has 53 valence electrons. The molecule has 1 rings (SSSR count). The third kappa shape index (κ3) is 1.07. The summed E-state index contributed by atoms with van der Waals surface area (Å²) in [6, 6.07) is 4.53. The maximum absolute atomic E-state index is 12.5. The second kappa shape index (κ2) is 2.64. The number of rotatable bonds is 1. The molecule has 0 saturated carbocycles. The van der Waals surface area contributed by atoms with E-state index in [9.17, 15) is 8.78 Å². The number of hydrogen-bond donors (Lipinski definition) is 0. The van der Waals surface area contributed by atoms with Gasteiger partial charge in [-0.05, 0) is 18.2 Å². The highest BCUT2D eigenvalue weighted by Crippen LogP contribution is 2.17. The minimum absolute atomic E-state index is 0.125. The molecule has 0 bridgehead atoms. The first-order chi connectivity index (χ1) is 4.75. The van der Waals surface area contributed by atoms with Crippen LogP contribution in [0.2, 0.25) is 0 Å². The van der Waals surface area contributed by atoms with E-state index in [0.29, 0.717) is 0 Å². The Morgan fingerprint density at radius 2 is 2.10 bits per heavy atom. The molecule has 0 fully saturated rings. The van der Waals surface area contributed by atoms with Gasteiger partial charge in [-0.1, -0.05) is 0 Å². The van der Waals surface area contributed by atoms with Crippen LogP contribution >= 0.6 is 0 Å².